The summed E-state index contributed by atoms with van der Waals surface area (Å²) in [6, 6.07) is 5.88. The van der Waals surface area contributed by atoms with Crippen molar-refractivity contribution in [3.63, 3.8) is 0 Å². The molecule has 0 aromatic carbocycles. The van der Waals surface area contributed by atoms with Crippen LogP contribution in [0.2, 0.25) is 0 Å². The second-order valence-electron chi connectivity index (χ2n) is 3.53. The SMILES string of the molecule is Cc1nn(C)c(N)c1CSc1ccccn1. The van der Waals surface area contributed by atoms with Gasteiger partial charge >= 0.3 is 0 Å². The third-order valence-electron chi connectivity index (χ3n) is 2.40. The Balaban J connectivity index is 2.11. The van der Waals surface area contributed by atoms with Crippen molar-refractivity contribution in [2.75, 3.05) is 5.73 Å². The van der Waals surface area contributed by atoms with E-state index < -0.39 is 0 Å². The monoisotopic (exact) mass is 234 g/mol. The van der Waals surface area contributed by atoms with E-state index in [0.717, 1.165) is 27.9 Å². The van der Waals surface area contributed by atoms with Gasteiger partial charge in [0.25, 0.3) is 0 Å². The topological polar surface area (TPSA) is 56.7 Å². The highest BCUT2D eigenvalue weighted by molar-refractivity contribution is 7.98. The Bertz CT molecular complexity index is 478. The van der Waals surface area contributed by atoms with E-state index in [9.17, 15) is 0 Å². The lowest BCUT2D eigenvalue weighted by atomic mass is 10.3. The molecule has 0 saturated heterocycles. The van der Waals surface area contributed by atoms with Crippen LogP contribution in [0, 0.1) is 6.92 Å². The molecule has 2 aromatic heterocycles. The van der Waals surface area contributed by atoms with E-state index in [1.165, 1.54) is 0 Å². The van der Waals surface area contributed by atoms with Crippen LogP contribution in [0.4, 0.5) is 5.82 Å². The molecule has 2 aromatic rings. The summed E-state index contributed by atoms with van der Waals surface area (Å²) < 4.78 is 1.71. The maximum absolute atomic E-state index is 5.93. The molecule has 0 spiro atoms. The first kappa shape index (κ1) is 11.0. The predicted octanol–water partition coefficient (Wildman–Crippen LogP) is 2.00. The Labute approximate surface area is 98.9 Å². The van der Waals surface area contributed by atoms with E-state index in [0.29, 0.717) is 0 Å². The van der Waals surface area contributed by atoms with Crippen molar-refractivity contribution in [3.8, 4) is 0 Å². The van der Waals surface area contributed by atoms with Crippen LogP contribution in [-0.2, 0) is 12.8 Å². The summed E-state index contributed by atoms with van der Waals surface area (Å²) in [4.78, 5) is 4.25. The average molecular weight is 234 g/mol. The highest BCUT2D eigenvalue weighted by Gasteiger charge is 2.10. The molecule has 0 fully saturated rings. The van der Waals surface area contributed by atoms with Gasteiger partial charge in [0.1, 0.15) is 5.82 Å². The lowest BCUT2D eigenvalue weighted by molar-refractivity contribution is 0.767. The lowest BCUT2D eigenvalue weighted by Crippen LogP contribution is -1.98. The Kier molecular flexibility index (Phi) is 3.14. The van der Waals surface area contributed by atoms with Crippen LogP contribution >= 0.6 is 11.8 Å². The van der Waals surface area contributed by atoms with Gasteiger partial charge in [-0.2, -0.15) is 5.10 Å². The molecule has 16 heavy (non-hydrogen) atoms. The fourth-order valence-electron chi connectivity index (χ4n) is 1.48. The number of rotatable bonds is 3. The summed E-state index contributed by atoms with van der Waals surface area (Å²) in [6.45, 7) is 1.98. The molecule has 2 heterocycles. The second kappa shape index (κ2) is 4.57. The van der Waals surface area contributed by atoms with Gasteiger partial charge in [0, 0.05) is 24.6 Å². The first-order valence-electron chi connectivity index (χ1n) is 5.00. The molecule has 0 unspecified atom stereocenters. The van der Waals surface area contributed by atoms with Crippen molar-refractivity contribution in [2.45, 2.75) is 17.7 Å². The van der Waals surface area contributed by atoms with Crippen molar-refractivity contribution in [1.29, 1.82) is 0 Å². The molecule has 84 valence electrons. The number of aryl methyl sites for hydroxylation is 2. The summed E-state index contributed by atoms with van der Waals surface area (Å²) in [5.41, 5.74) is 8.02. The van der Waals surface area contributed by atoms with E-state index >= 15 is 0 Å². The molecule has 5 heteroatoms. The first-order chi connectivity index (χ1) is 7.68. The Morgan fingerprint density at radius 2 is 2.25 bits per heavy atom. The molecule has 0 atom stereocenters. The maximum Gasteiger partial charge on any atom is 0.125 e. The Morgan fingerprint density at radius 1 is 1.44 bits per heavy atom. The van der Waals surface area contributed by atoms with E-state index in [1.54, 1.807) is 22.6 Å². The van der Waals surface area contributed by atoms with Gasteiger partial charge in [-0.05, 0) is 19.1 Å². The molecule has 2 rings (SSSR count). The standard InChI is InChI=1S/C11H14N4S/c1-8-9(11(12)15(2)14-8)7-16-10-5-3-4-6-13-10/h3-6H,7,12H2,1-2H3. The third-order valence-corrected chi connectivity index (χ3v) is 3.37. The normalized spacial score (nSPS) is 10.6. The number of hydrogen-bond donors (Lipinski definition) is 1. The smallest absolute Gasteiger partial charge is 0.125 e. The minimum absolute atomic E-state index is 0.737. The zero-order valence-electron chi connectivity index (χ0n) is 9.34. The first-order valence-corrected chi connectivity index (χ1v) is 5.99. The highest BCUT2D eigenvalue weighted by Crippen LogP contribution is 2.25. The average Bonchev–Trinajstić information content (AvgIpc) is 2.53. The molecule has 0 radical (unpaired) electrons. The number of anilines is 1. The minimum atomic E-state index is 0.737. The van der Waals surface area contributed by atoms with Gasteiger partial charge < -0.3 is 5.73 Å². The zero-order valence-corrected chi connectivity index (χ0v) is 10.2. The molecule has 0 saturated carbocycles. The fraction of sp³-hybridized carbons (Fsp3) is 0.273. The van der Waals surface area contributed by atoms with Crippen LogP contribution in [0.1, 0.15) is 11.3 Å². The van der Waals surface area contributed by atoms with Crippen LogP contribution in [0.5, 0.6) is 0 Å². The Morgan fingerprint density at radius 3 is 2.81 bits per heavy atom. The number of nitrogens with zero attached hydrogens (tertiary/aromatic N) is 3. The van der Waals surface area contributed by atoms with Crippen LogP contribution in [0.3, 0.4) is 0 Å². The molecule has 0 aliphatic rings. The van der Waals surface area contributed by atoms with Gasteiger partial charge in [-0.15, -0.1) is 11.8 Å². The molecule has 0 aliphatic carbocycles. The summed E-state index contributed by atoms with van der Waals surface area (Å²) in [7, 11) is 1.86. The summed E-state index contributed by atoms with van der Waals surface area (Å²) in [6.07, 6.45) is 1.79. The molecule has 0 aliphatic heterocycles. The minimum Gasteiger partial charge on any atom is -0.384 e. The van der Waals surface area contributed by atoms with E-state index in [4.69, 9.17) is 5.73 Å². The number of nitrogen functional groups attached to an aromatic ring is 1. The van der Waals surface area contributed by atoms with Gasteiger partial charge in [0.05, 0.1) is 10.7 Å². The van der Waals surface area contributed by atoms with Crippen LogP contribution in [-0.4, -0.2) is 14.8 Å². The number of aromatic nitrogens is 3. The molecule has 2 N–H and O–H groups in total. The largest absolute Gasteiger partial charge is 0.384 e. The van der Waals surface area contributed by atoms with Gasteiger partial charge in [-0.1, -0.05) is 6.07 Å². The molecule has 4 nitrogen and oxygen atoms in total. The Hall–Kier alpha value is -1.49. The van der Waals surface area contributed by atoms with Crippen molar-refractivity contribution in [3.05, 3.63) is 35.7 Å². The lowest BCUT2D eigenvalue weighted by Gasteiger charge is -2.01. The molecule has 0 amide bonds. The zero-order chi connectivity index (χ0) is 11.5. The number of nitrogens with two attached hydrogens (primary N) is 1. The quantitative estimate of drug-likeness (QED) is 0.825. The van der Waals surface area contributed by atoms with Gasteiger partial charge in [-0.3, -0.25) is 4.68 Å². The van der Waals surface area contributed by atoms with Crippen molar-refractivity contribution >= 4 is 17.6 Å². The van der Waals surface area contributed by atoms with Crippen LogP contribution < -0.4 is 5.73 Å². The summed E-state index contributed by atoms with van der Waals surface area (Å²) in [5.74, 6) is 1.55. The highest BCUT2D eigenvalue weighted by atomic mass is 32.2. The summed E-state index contributed by atoms with van der Waals surface area (Å²) in [5, 5.41) is 5.29. The second-order valence-corrected chi connectivity index (χ2v) is 4.53. The van der Waals surface area contributed by atoms with Crippen molar-refractivity contribution in [2.24, 2.45) is 7.05 Å². The number of hydrogen-bond acceptors (Lipinski definition) is 4. The van der Waals surface area contributed by atoms with E-state index in [1.807, 2.05) is 32.2 Å². The predicted molar refractivity (Wildman–Crippen MR) is 66.2 cm³/mol. The molecule has 0 bridgehead atoms. The fourth-order valence-corrected chi connectivity index (χ4v) is 2.44. The van der Waals surface area contributed by atoms with E-state index in [-0.39, 0.29) is 0 Å². The maximum atomic E-state index is 5.93. The van der Waals surface area contributed by atoms with E-state index in [2.05, 4.69) is 10.1 Å². The molecular formula is C11H14N4S. The number of thioether (sulfide) groups is 1. The van der Waals surface area contributed by atoms with Gasteiger partial charge in [0.15, 0.2) is 0 Å². The van der Waals surface area contributed by atoms with Crippen molar-refractivity contribution < 1.29 is 0 Å². The van der Waals surface area contributed by atoms with Crippen molar-refractivity contribution in [1.82, 2.24) is 14.8 Å². The number of pyridine rings is 1. The van der Waals surface area contributed by atoms with Crippen LogP contribution in [0.25, 0.3) is 0 Å². The van der Waals surface area contributed by atoms with Crippen LogP contribution in [0.15, 0.2) is 29.4 Å². The molecular weight excluding hydrogens is 220 g/mol. The summed E-state index contributed by atoms with van der Waals surface area (Å²) >= 11 is 1.67. The van der Waals surface area contributed by atoms with Gasteiger partial charge in [-0.25, -0.2) is 4.98 Å². The third kappa shape index (κ3) is 2.19. The van der Waals surface area contributed by atoms with Gasteiger partial charge in [0.2, 0.25) is 0 Å².